The molecule has 0 aliphatic rings. The highest BCUT2D eigenvalue weighted by Crippen LogP contribution is 2.15. The van der Waals surface area contributed by atoms with Crippen molar-refractivity contribution < 1.29 is 0 Å². The first-order valence-corrected chi connectivity index (χ1v) is 5.18. The molecule has 16 heavy (non-hydrogen) atoms. The normalized spacial score (nSPS) is 9.56. The number of H-pyrrole nitrogens is 1. The largest absolute Gasteiger partial charge is 0.345 e. The molecule has 0 aliphatic carbocycles. The fourth-order valence-electron chi connectivity index (χ4n) is 1.38. The van der Waals surface area contributed by atoms with Gasteiger partial charge in [-0.05, 0) is 17.7 Å². The predicted molar refractivity (Wildman–Crippen MR) is 64.6 cm³/mol. The van der Waals surface area contributed by atoms with E-state index in [9.17, 15) is 0 Å². The van der Waals surface area contributed by atoms with Crippen LogP contribution in [0.2, 0.25) is 0 Å². The molecule has 0 saturated heterocycles. The third kappa shape index (κ3) is 2.50. The lowest BCUT2D eigenvalue weighted by Crippen LogP contribution is -1.95. The molecule has 0 spiro atoms. The first-order valence-electron chi connectivity index (χ1n) is 5.18. The van der Waals surface area contributed by atoms with Crippen molar-refractivity contribution in [1.82, 2.24) is 9.97 Å². The van der Waals surface area contributed by atoms with Crippen LogP contribution in [0.4, 0.5) is 0 Å². The summed E-state index contributed by atoms with van der Waals surface area (Å²) < 4.78 is 0. The number of aromatic nitrogens is 2. The molecular weight excluding hydrogens is 198 g/mol. The second kappa shape index (κ2) is 5.15. The van der Waals surface area contributed by atoms with E-state index in [0.29, 0.717) is 6.54 Å². The molecule has 1 heterocycles. The van der Waals surface area contributed by atoms with Gasteiger partial charge in [0.15, 0.2) is 0 Å². The minimum Gasteiger partial charge on any atom is -0.345 e. The van der Waals surface area contributed by atoms with Crippen LogP contribution in [-0.4, -0.2) is 16.5 Å². The third-order valence-corrected chi connectivity index (χ3v) is 2.20. The summed E-state index contributed by atoms with van der Waals surface area (Å²) in [5.41, 5.74) is 8.51. The van der Waals surface area contributed by atoms with Crippen LogP contribution in [0.15, 0.2) is 36.8 Å². The van der Waals surface area contributed by atoms with E-state index < -0.39 is 0 Å². The summed E-state index contributed by atoms with van der Waals surface area (Å²) in [6.45, 7) is 0.610. The number of imidazole rings is 1. The molecule has 0 saturated carbocycles. The molecule has 1 aromatic heterocycles. The molecule has 3 heteroatoms. The fourth-order valence-corrected chi connectivity index (χ4v) is 1.38. The Labute approximate surface area is 94.7 Å². The smallest absolute Gasteiger partial charge is 0.0924 e. The zero-order valence-corrected chi connectivity index (χ0v) is 8.90. The highest BCUT2D eigenvalue weighted by molar-refractivity contribution is 5.59. The lowest BCUT2D eigenvalue weighted by molar-refractivity contribution is 1.03. The van der Waals surface area contributed by atoms with Crippen LogP contribution in [-0.2, 0) is 0 Å². The summed E-state index contributed by atoms with van der Waals surface area (Å²) in [5.74, 6) is 6.07. The number of hydrogen-bond donors (Lipinski definition) is 2. The minimum atomic E-state index is 0.610. The molecule has 0 atom stereocenters. The Morgan fingerprint density at radius 3 is 2.69 bits per heavy atom. The lowest BCUT2D eigenvalue weighted by Gasteiger charge is -1.96. The van der Waals surface area contributed by atoms with E-state index >= 15 is 0 Å². The van der Waals surface area contributed by atoms with Crippen LogP contribution in [0.1, 0.15) is 12.0 Å². The molecule has 0 radical (unpaired) electrons. The molecule has 1 aromatic carbocycles. The lowest BCUT2D eigenvalue weighted by atomic mass is 10.1. The summed E-state index contributed by atoms with van der Waals surface area (Å²) in [6.07, 6.45) is 4.21. The monoisotopic (exact) mass is 211 g/mol. The van der Waals surface area contributed by atoms with Gasteiger partial charge in [-0.15, -0.1) is 0 Å². The number of benzene rings is 1. The average molecular weight is 211 g/mol. The molecule has 80 valence electrons. The van der Waals surface area contributed by atoms with Gasteiger partial charge in [0.1, 0.15) is 0 Å². The zero-order chi connectivity index (χ0) is 11.2. The van der Waals surface area contributed by atoms with Gasteiger partial charge in [-0.25, -0.2) is 4.98 Å². The molecular formula is C13H13N3. The van der Waals surface area contributed by atoms with E-state index in [1.165, 1.54) is 0 Å². The maximum atomic E-state index is 5.37. The second-order valence-corrected chi connectivity index (χ2v) is 3.38. The maximum Gasteiger partial charge on any atom is 0.0924 e. The Hall–Kier alpha value is -2.05. The van der Waals surface area contributed by atoms with Gasteiger partial charge in [0.25, 0.3) is 0 Å². The van der Waals surface area contributed by atoms with Gasteiger partial charge >= 0.3 is 0 Å². The number of aromatic amines is 1. The quantitative estimate of drug-likeness (QED) is 0.744. The van der Waals surface area contributed by atoms with Crippen molar-refractivity contribution in [2.75, 3.05) is 6.54 Å². The minimum absolute atomic E-state index is 0.610. The van der Waals surface area contributed by atoms with Crippen molar-refractivity contribution in [1.29, 1.82) is 0 Å². The molecule has 0 aliphatic heterocycles. The predicted octanol–water partition coefficient (Wildman–Crippen LogP) is 1.78. The highest BCUT2D eigenvalue weighted by Gasteiger charge is 1.97. The van der Waals surface area contributed by atoms with Crippen LogP contribution in [0.25, 0.3) is 11.3 Å². The number of nitrogens with two attached hydrogens (primary N) is 1. The van der Waals surface area contributed by atoms with Gasteiger partial charge in [-0.3, -0.25) is 0 Å². The third-order valence-electron chi connectivity index (χ3n) is 2.20. The Bertz CT molecular complexity index is 486. The fraction of sp³-hybridized carbons (Fsp3) is 0.154. The van der Waals surface area contributed by atoms with Crippen molar-refractivity contribution in [3.05, 3.63) is 42.4 Å². The van der Waals surface area contributed by atoms with Crippen LogP contribution < -0.4 is 5.73 Å². The van der Waals surface area contributed by atoms with E-state index in [-0.39, 0.29) is 0 Å². The first-order chi connectivity index (χ1) is 7.90. The van der Waals surface area contributed by atoms with Crippen molar-refractivity contribution >= 4 is 0 Å². The van der Waals surface area contributed by atoms with Crippen LogP contribution in [0, 0.1) is 11.8 Å². The summed E-state index contributed by atoms with van der Waals surface area (Å²) >= 11 is 0. The second-order valence-electron chi connectivity index (χ2n) is 3.38. The van der Waals surface area contributed by atoms with Gasteiger partial charge in [-0.2, -0.15) is 0 Å². The van der Waals surface area contributed by atoms with E-state index in [4.69, 9.17) is 5.73 Å². The average Bonchev–Trinajstić information content (AvgIpc) is 2.84. The number of nitrogens with one attached hydrogen (secondary N) is 1. The van der Waals surface area contributed by atoms with Crippen LogP contribution in [0.5, 0.6) is 0 Å². The van der Waals surface area contributed by atoms with E-state index in [1.54, 1.807) is 12.5 Å². The van der Waals surface area contributed by atoms with Crippen molar-refractivity contribution in [2.45, 2.75) is 6.42 Å². The molecule has 3 nitrogen and oxygen atoms in total. The van der Waals surface area contributed by atoms with Gasteiger partial charge < -0.3 is 10.7 Å². The first kappa shape index (κ1) is 10.5. The SMILES string of the molecule is NCCC#Cc1ccc(-c2cnc[nH]2)cc1. The number of hydrogen-bond acceptors (Lipinski definition) is 2. The number of rotatable bonds is 2. The summed E-state index contributed by atoms with van der Waals surface area (Å²) in [6, 6.07) is 8.05. The zero-order valence-electron chi connectivity index (χ0n) is 8.90. The van der Waals surface area contributed by atoms with Crippen molar-refractivity contribution in [3.63, 3.8) is 0 Å². The summed E-state index contributed by atoms with van der Waals surface area (Å²) in [5, 5.41) is 0. The summed E-state index contributed by atoms with van der Waals surface area (Å²) in [4.78, 5) is 7.05. The van der Waals surface area contributed by atoms with Gasteiger partial charge in [-0.1, -0.05) is 24.0 Å². The number of nitrogens with zero attached hydrogens (tertiary/aromatic N) is 1. The van der Waals surface area contributed by atoms with E-state index in [1.807, 2.05) is 24.3 Å². The molecule has 0 unspecified atom stereocenters. The summed E-state index contributed by atoms with van der Waals surface area (Å²) in [7, 11) is 0. The Balaban J connectivity index is 2.15. The molecule has 3 N–H and O–H groups in total. The molecule has 2 rings (SSSR count). The molecule has 0 amide bonds. The Kier molecular flexibility index (Phi) is 3.37. The van der Waals surface area contributed by atoms with Crippen LogP contribution >= 0.6 is 0 Å². The van der Waals surface area contributed by atoms with Crippen molar-refractivity contribution in [2.24, 2.45) is 5.73 Å². The van der Waals surface area contributed by atoms with Gasteiger partial charge in [0, 0.05) is 18.5 Å². The van der Waals surface area contributed by atoms with E-state index in [0.717, 1.165) is 23.2 Å². The molecule has 0 fully saturated rings. The van der Waals surface area contributed by atoms with E-state index in [2.05, 4.69) is 21.8 Å². The molecule has 0 bridgehead atoms. The van der Waals surface area contributed by atoms with Crippen LogP contribution in [0.3, 0.4) is 0 Å². The highest BCUT2D eigenvalue weighted by atomic mass is 14.9. The maximum absolute atomic E-state index is 5.37. The topological polar surface area (TPSA) is 54.7 Å². The molecule has 2 aromatic rings. The van der Waals surface area contributed by atoms with Crippen molar-refractivity contribution in [3.8, 4) is 23.1 Å². The standard InChI is InChI=1S/C13H13N3/c14-8-2-1-3-11-4-6-12(7-5-11)13-9-15-10-16-13/h4-7,9-10H,2,8,14H2,(H,15,16). The van der Waals surface area contributed by atoms with Gasteiger partial charge in [0.2, 0.25) is 0 Å². The van der Waals surface area contributed by atoms with Gasteiger partial charge in [0.05, 0.1) is 18.2 Å². The Morgan fingerprint density at radius 1 is 1.25 bits per heavy atom. The Morgan fingerprint density at radius 2 is 2.06 bits per heavy atom.